The summed E-state index contributed by atoms with van der Waals surface area (Å²) in [7, 11) is 0. The van der Waals surface area contributed by atoms with Crippen molar-refractivity contribution >= 4 is 40.1 Å². The molecule has 0 spiro atoms. The number of aromatic nitrogens is 2. The maximum Gasteiger partial charge on any atom is 0.371 e. The van der Waals surface area contributed by atoms with Gasteiger partial charge >= 0.3 is 5.97 Å². The molecule has 8 heteroatoms. The number of rotatable bonds is 3. The summed E-state index contributed by atoms with van der Waals surface area (Å²) in [6.07, 6.45) is 0. The summed E-state index contributed by atoms with van der Waals surface area (Å²) in [5.41, 5.74) is 0.629. The van der Waals surface area contributed by atoms with Crippen LogP contribution in [0.15, 0.2) is 22.6 Å². The average molecular weight is 291 g/mol. The summed E-state index contributed by atoms with van der Waals surface area (Å²) < 4.78 is 5.14. The Kier molecular flexibility index (Phi) is 2.79. The Balaban J connectivity index is 1.90. The van der Waals surface area contributed by atoms with Crippen LogP contribution in [-0.4, -0.2) is 27.2 Å². The molecule has 3 rings (SSSR count). The average Bonchev–Trinajstić information content (AvgIpc) is 3.05. The lowest BCUT2D eigenvalue weighted by Gasteiger charge is -1.98. The highest BCUT2D eigenvalue weighted by molar-refractivity contribution is 7.14. The van der Waals surface area contributed by atoms with E-state index in [0.717, 1.165) is 4.88 Å². The molecule has 0 fully saturated rings. The normalized spacial score (nSPS) is 10.8. The number of anilines is 1. The van der Waals surface area contributed by atoms with Crippen molar-refractivity contribution in [2.45, 2.75) is 6.92 Å². The van der Waals surface area contributed by atoms with Crippen LogP contribution in [0.25, 0.3) is 11.1 Å². The third-order valence-electron chi connectivity index (χ3n) is 2.64. The number of fused-ring (bicyclic) bond motifs is 1. The van der Waals surface area contributed by atoms with Crippen LogP contribution in [0, 0.1) is 6.92 Å². The first kappa shape index (κ1) is 12.4. The van der Waals surface area contributed by atoms with Crippen LogP contribution in [0.2, 0.25) is 0 Å². The van der Waals surface area contributed by atoms with Crippen LogP contribution in [-0.2, 0) is 0 Å². The number of aromatic amines is 1. The highest BCUT2D eigenvalue weighted by atomic mass is 32.1. The number of hydrogen-bond donors (Lipinski definition) is 3. The molecule has 3 aromatic heterocycles. The van der Waals surface area contributed by atoms with Crippen LogP contribution in [0.5, 0.6) is 0 Å². The number of hydrogen-bond acceptors (Lipinski definition) is 5. The van der Waals surface area contributed by atoms with Crippen molar-refractivity contribution in [2.24, 2.45) is 0 Å². The summed E-state index contributed by atoms with van der Waals surface area (Å²) in [6, 6.07) is 4.87. The quantitative estimate of drug-likeness (QED) is 0.687. The largest absolute Gasteiger partial charge is 0.475 e. The maximum atomic E-state index is 12.0. The summed E-state index contributed by atoms with van der Waals surface area (Å²) in [5, 5.41) is 17.9. The smallest absolute Gasteiger partial charge is 0.371 e. The van der Waals surface area contributed by atoms with E-state index in [2.05, 4.69) is 15.5 Å². The summed E-state index contributed by atoms with van der Waals surface area (Å²) in [4.78, 5) is 24.4. The number of thiophene rings is 1. The lowest BCUT2D eigenvalue weighted by molar-refractivity contribution is 0.0665. The van der Waals surface area contributed by atoms with Crippen molar-refractivity contribution in [1.82, 2.24) is 10.2 Å². The van der Waals surface area contributed by atoms with Crippen molar-refractivity contribution in [2.75, 3.05) is 5.32 Å². The van der Waals surface area contributed by atoms with Gasteiger partial charge in [0, 0.05) is 10.9 Å². The highest BCUT2D eigenvalue weighted by Gasteiger charge is 2.18. The van der Waals surface area contributed by atoms with Crippen LogP contribution in [0.3, 0.4) is 0 Å². The Labute approximate surface area is 116 Å². The number of carboxylic acid groups (broad SMARTS) is 1. The zero-order valence-electron chi connectivity index (χ0n) is 10.3. The van der Waals surface area contributed by atoms with Gasteiger partial charge in [0.05, 0.1) is 4.88 Å². The molecule has 1 amide bonds. The minimum absolute atomic E-state index is 0.170. The molecule has 0 unspecified atom stereocenters. The van der Waals surface area contributed by atoms with Gasteiger partial charge in [-0.2, -0.15) is 5.10 Å². The molecular weight excluding hydrogens is 282 g/mol. The molecule has 0 aliphatic heterocycles. The van der Waals surface area contributed by atoms with Gasteiger partial charge in [0.15, 0.2) is 11.4 Å². The molecule has 0 aliphatic rings. The van der Waals surface area contributed by atoms with Crippen LogP contribution < -0.4 is 5.32 Å². The summed E-state index contributed by atoms with van der Waals surface area (Å²) in [6.45, 7) is 1.90. The topological polar surface area (TPSA) is 108 Å². The molecule has 0 radical (unpaired) electrons. The molecule has 7 nitrogen and oxygen atoms in total. The van der Waals surface area contributed by atoms with Gasteiger partial charge in [0.1, 0.15) is 5.52 Å². The Hall–Kier alpha value is -2.61. The monoisotopic (exact) mass is 291 g/mol. The second-order valence-electron chi connectivity index (χ2n) is 4.10. The van der Waals surface area contributed by atoms with Gasteiger partial charge in [-0.15, -0.1) is 11.3 Å². The van der Waals surface area contributed by atoms with E-state index in [4.69, 9.17) is 9.52 Å². The highest BCUT2D eigenvalue weighted by Crippen LogP contribution is 2.25. The SMILES string of the molecule is Cc1ccc(C(=O)Nc2n[nH]c3cc(C(=O)O)oc23)s1. The Morgan fingerprint density at radius 3 is 2.90 bits per heavy atom. The van der Waals surface area contributed by atoms with Gasteiger partial charge in [0.25, 0.3) is 5.91 Å². The molecule has 0 saturated carbocycles. The first-order valence-corrected chi connectivity index (χ1v) is 6.45. The van der Waals surface area contributed by atoms with E-state index in [-0.39, 0.29) is 23.1 Å². The molecule has 0 atom stereocenters. The van der Waals surface area contributed by atoms with E-state index < -0.39 is 5.97 Å². The zero-order valence-corrected chi connectivity index (χ0v) is 11.1. The maximum absolute atomic E-state index is 12.0. The number of carbonyl (C=O) groups is 2. The number of carboxylic acids is 1. The van der Waals surface area contributed by atoms with Gasteiger partial charge in [-0.1, -0.05) is 0 Å². The molecule has 102 valence electrons. The first-order chi connectivity index (χ1) is 9.54. The van der Waals surface area contributed by atoms with Gasteiger partial charge in [0.2, 0.25) is 5.76 Å². The second kappa shape index (κ2) is 4.49. The van der Waals surface area contributed by atoms with Crippen molar-refractivity contribution in [1.29, 1.82) is 0 Å². The molecule has 0 saturated heterocycles. The van der Waals surface area contributed by atoms with E-state index in [1.54, 1.807) is 6.07 Å². The van der Waals surface area contributed by atoms with E-state index in [1.807, 2.05) is 13.0 Å². The van der Waals surface area contributed by atoms with E-state index in [1.165, 1.54) is 17.4 Å². The minimum atomic E-state index is -1.18. The molecule has 0 aliphatic carbocycles. The number of H-pyrrole nitrogens is 1. The van der Waals surface area contributed by atoms with Gasteiger partial charge in [-0.3, -0.25) is 9.89 Å². The standard InChI is InChI=1S/C12H9N3O4S/c1-5-2-3-8(20-5)11(16)13-10-9-6(14-15-10)4-7(19-9)12(17)18/h2-4H,1H3,(H,17,18)(H2,13,14,15,16). The lowest BCUT2D eigenvalue weighted by Crippen LogP contribution is -2.10. The van der Waals surface area contributed by atoms with E-state index >= 15 is 0 Å². The molecule has 0 aromatic carbocycles. The van der Waals surface area contributed by atoms with Gasteiger partial charge in [-0.05, 0) is 19.1 Å². The van der Waals surface area contributed by atoms with Gasteiger partial charge in [-0.25, -0.2) is 4.79 Å². The number of carbonyl (C=O) groups excluding carboxylic acids is 1. The summed E-state index contributed by atoms with van der Waals surface area (Å²) in [5.74, 6) is -1.54. The third kappa shape index (κ3) is 2.05. The number of furan rings is 1. The van der Waals surface area contributed by atoms with Gasteiger partial charge < -0.3 is 14.8 Å². The van der Waals surface area contributed by atoms with E-state index in [0.29, 0.717) is 10.4 Å². The molecule has 0 bridgehead atoms. The number of amides is 1. The fraction of sp³-hybridized carbons (Fsp3) is 0.0833. The van der Waals surface area contributed by atoms with Crippen molar-refractivity contribution < 1.29 is 19.1 Å². The first-order valence-electron chi connectivity index (χ1n) is 5.63. The predicted octanol–water partition coefficient (Wildman–Crippen LogP) is 2.48. The fourth-order valence-corrected chi connectivity index (χ4v) is 2.50. The molecular formula is C12H9N3O4S. The lowest BCUT2D eigenvalue weighted by atomic mass is 10.4. The number of aryl methyl sites for hydroxylation is 1. The molecule has 20 heavy (non-hydrogen) atoms. The van der Waals surface area contributed by atoms with Crippen LogP contribution in [0.1, 0.15) is 25.1 Å². The Bertz CT molecular complexity index is 814. The fourth-order valence-electron chi connectivity index (χ4n) is 1.73. The van der Waals surface area contributed by atoms with Crippen LogP contribution in [0.4, 0.5) is 5.82 Å². The van der Waals surface area contributed by atoms with Crippen molar-refractivity contribution in [3.05, 3.63) is 33.7 Å². The number of aromatic carboxylic acids is 1. The zero-order chi connectivity index (χ0) is 14.3. The third-order valence-corrected chi connectivity index (χ3v) is 3.64. The molecule has 3 heterocycles. The second-order valence-corrected chi connectivity index (χ2v) is 5.38. The Morgan fingerprint density at radius 1 is 1.45 bits per heavy atom. The van der Waals surface area contributed by atoms with Crippen molar-refractivity contribution in [3.8, 4) is 0 Å². The Morgan fingerprint density at radius 2 is 2.25 bits per heavy atom. The number of nitrogens with zero attached hydrogens (tertiary/aromatic N) is 1. The summed E-state index contributed by atoms with van der Waals surface area (Å²) >= 11 is 1.36. The number of nitrogens with one attached hydrogen (secondary N) is 2. The molecule has 3 N–H and O–H groups in total. The molecule has 3 aromatic rings. The minimum Gasteiger partial charge on any atom is -0.475 e. The van der Waals surface area contributed by atoms with Crippen molar-refractivity contribution in [3.63, 3.8) is 0 Å². The van der Waals surface area contributed by atoms with Crippen LogP contribution >= 0.6 is 11.3 Å². The predicted molar refractivity (Wildman–Crippen MR) is 72.3 cm³/mol. The van der Waals surface area contributed by atoms with E-state index in [9.17, 15) is 9.59 Å².